The minimum absolute atomic E-state index is 0.365. The zero-order valence-electron chi connectivity index (χ0n) is 16.2. The molecule has 24 heavy (non-hydrogen) atoms. The topological polar surface area (TPSA) is 49.3 Å². The number of unbranched alkanes of at least 4 members (excludes halogenated alkanes) is 15. The van der Waals surface area contributed by atoms with Crippen molar-refractivity contribution in [3.8, 4) is 0 Å². The van der Waals surface area contributed by atoms with Gasteiger partial charge in [-0.15, -0.1) is 0 Å². The third-order valence-electron chi connectivity index (χ3n) is 4.63. The smallest absolute Gasteiger partial charge is 0.248 e. The molecule has 3 nitrogen and oxygen atoms in total. The molecule has 2 N–H and O–H groups in total. The Bertz CT molecular complexity index is 267. The summed E-state index contributed by atoms with van der Waals surface area (Å²) in [6.07, 6.45) is 20.5. The maximum atomic E-state index is 11.1. The standard InChI is InChI=1S/C21H42NO2/c1-3-4-5-6-7-8-9-10-11-12-13-14-15-16-17-18-19-22-21(24)20(2)23/h20,23H,2-19H2,1H3,(H,22,24). The highest BCUT2D eigenvalue weighted by molar-refractivity contribution is 5.80. The summed E-state index contributed by atoms with van der Waals surface area (Å²) < 4.78 is 0. The second-order valence-electron chi connectivity index (χ2n) is 7.11. The third kappa shape index (κ3) is 17.8. The first kappa shape index (κ1) is 23.4. The SMILES string of the molecule is [CH2]C(O)C(=O)NCCCCCCCCCCCCCCCCCC. The van der Waals surface area contributed by atoms with E-state index in [1.165, 1.54) is 89.9 Å². The van der Waals surface area contributed by atoms with Crippen LogP contribution in [0, 0.1) is 6.92 Å². The van der Waals surface area contributed by atoms with E-state index in [4.69, 9.17) is 5.11 Å². The van der Waals surface area contributed by atoms with Gasteiger partial charge in [0.15, 0.2) is 0 Å². The highest BCUT2D eigenvalue weighted by atomic mass is 16.3. The maximum Gasteiger partial charge on any atom is 0.248 e. The van der Waals surface area contributed by atoms with Crippen LogP contribution in [-0.2, 0) is 4.79 Å². The summed E-state index contributed by atoms with van der Waals surface area (Å²) >= 11 is 0. The van der Waals surface area contributed by atoms with Crippen LogP contribution in [0.4, 0.5) is 0 Å². The normalized spacial score (nSPS) is 12.3. The van der Waals surface area contributed by atoms with E-state index in [-0.39, 0.29) is 5.91 Å². The molecule has 1 amide bonds. The number of nitrogens with one attached hydrogen (secondary N) is 1. The summed E-state index contributed by atoms with van der Waals surface area (Å²) in [4.78, 5) is 11.1. The Morgan fingerprint density at radius 3 is 1.42 bits per heavy atom. The van der Waals surface area contributed by atoms with E-state index >= 15 is 0 Å². The molecule has 0 aromatic carbocycles. The first-order valence-electron chi connectivity index (χ1n) is 10.5. The summed E-state index contributed by atoms with van der Waals surface area (Å²) in [6.45, 7) is 6.21. The molecule has 0 aliphatic heterocycles. The van der Waals surface area contributed by atoms with Crippen LogP contribution in [0.25, 0.3) is 0 Å². The van der Waals surface area contributed by atoms with Crippen molar-refractivity contribution in [1.29, 1.82) is 0 Å². The average molecular weight is 341 g/mol. The number of hydrogen-bond donors (Lipinski definition) is 2. The fourth-order valence-corrected chi connectivity index (χ4v) is 3.00. The fraction of sp³-hybridized carbons (Fsp3) is 0.905. The van der Waals surface area contributed by atoms with Gasteiger partial charge < -0.3 is 10.4 Å². The molecule has 0 rings (SSSR count). The van der Waals surface area contributed by atoms with E-state index in [0.29, 0.717) is 6.54 Å². The Balaban J connectivity index is 3.04. The van der Waals surface area contributed by atoms with E-state index in [1.54, 1.807) is 0 Å². The van der Waals surface area contributed by atoms with Crippen molar-refractivity contribution in [2.45, 2.75) is 116 Å². The van der Waals surface area contributed by atoms with Crippen LogP contribution in [0.1, 0.15) is 110 Å². The van der Waals surface area contributed by atoms with Crippen LogP contribution < -0.4 is 5.32 Å². The monoisotopic (exact) mass is 340 g/mol. The lowest BCUT2D eigenvalue weighted by atomic mass is 10.0. The quantitative estimate of drug-likeness (QED) is 0.321. The number of hydrogen-bond acceptors (Lipinski definition) is 2. The number of aliphatic hydroxyl groups is 1. The van der Waals surface area contributed by atoms with Crippen molar-refractivity contribution >= 4 is 5.91 Å². The summed E-state index contributed by atoms with van der Waals surface area (Å²) in [6, 6.07) is 0. The predicted molar refractivity (Wildman–Crippen MR) is 104 cm³/mol. The summed E-state index contributed by atoms with van der Waals surface area (Å²) in [5.41, 5.74) is 0. The van der Waals surface area contributed by atoms with Crippen molar-refractivity contribution in [3.63, 3.8) is 0 Å². The molecular weight excluding hydrogens is 298 g/mol. The van der Waals surface area contributed by atoms with Crippen LogP contribution in [-0.4, -0.2) is 23.7 Å². The van der Waals surface area contributed by atoms with Crippen molar-refractivity contribution in [3.05, 3.63) is 6.92 Å². The molecule has 0 fully saturated rings. The van der Waals surface area contributed by atoms with Crippen LogP contribution in [0.2, 0.25) is 0 Å². The van der Waals surface area contributed by atoms with E-state index in [1.807, 2.05) is 0 Å². The number of carbonyl (C=O) groups is 1. The predicted octanol–water partition coefficient (Wildman–Crippen LogP) is 5.56. The van der Waals surface area contributed by atoms with E-state index in [2.05, 4.69) is 19.2 Å². The summed E-state index contributed by atoms with van der Waals surface area (Å²) in [7, 11) is 0. The number of aliphatic hydroxyl groups excluding tert-OH is 1. The van der Waals surface area contributed by atoms with Gasteiger partial charge >= 0.3 is 0 Å². The van der Waals surface area contributed by atoms with Crippen LogP contribution in [0.5, 0.6) is 0 Å². The molecule has 1 unspecified atom stereocenters. The summed E-state index contributed by atoms with van der Waals surface area (Å²) in [5.74, 6) is -0.365. The van der Waals surface area contributed by atoms with E-state index < -0.39 is 6.10 Å². The van der Waals surface area contributed by atoms with E-state index in [0.717, 1.165) is 12.8 Å². The Morgan fingerprint density at radius 1 is 0.750 bits per heavy atom. The molecule has 0 saturated heterocycles. The lowest BCUT2D eigenvalue weighted by molar-refractivity contribution is -0.127. The van der Waals surface area contributed by atoms with Gasteiger partial charge in [-0.1, -0.05) is 103 Å². The molecule has 0 spiro atoms. The first-order chi connectivity index (χ1) is 11.7. The molecule has 0 bridgehead atoms. The minimum atomic E-state index is -1.13. The molecule has 1 atom stereocenters. The Morgan fingerprint density at radius 2 is 1.08 bits per heavy atom. The van der Waals surface area contributed by atoms with Crippen molar-refractivity contribution in [2.75, 3.05) is 6.54 Å². The number of amides is 1. The van der Waals surface area contributed by atoms with Gasteiger partial charge in [0.1, 0.15) is 6.10 Å². The second kappa shape index (κ2) is 18.8. The lowest BCUT2D eigenvalue weighted by Gasteiger charge is -2.06. The van der Waals surface area contributed by atoms with Gasteiger partial charge in [-0.3, -0.25) is 4.79 Å². The van der Waals surface area contributed by atoms with Gasteiger partial charge in [0.2, 0.25) is 5.91 Å². The molecule has 0 aliphatic rings. The van der Waals surface area contributed by atoms with Crippen LogP contribution >= 0.6 is 0 Å². The van der Waals surface area contributed by atoms with Crippen molar-refractivity contribution < 1.29 is 9.90 Å². The van der Waals surface area contributed by atoms with Crippen LogP contribution in [0.3, 0.4) is 0 Å². The Kier molecular flexibility index (Phi) is 18.3. The molecule has 0 aliphatic carbocycles. The molecule has 0 aromatic heterocycles. The zero-order valence-corrected chi connectivity index (χ0v) is 16.2. The maximum absolute atomic E-state index is 11.1. The fourth-order valence-electron chi connectivity index (χ4n) is 3.00. The van der Waals surface area contributed by atoms with Gasteiger partial charge in [0.25, 0.3) is 0 Å². The van der Waals surface area contributed by atoms with Gasteiger partial charge in [-0.2, -0.15) is 0 Å². The molecule has 0 heterocycles. The number of rotatable bonds is 18. The van der Waals surface area contributed by atoms with Gasteiger partial charge in [-0.25, -0.2) is 0 Å². The van der Waals surface area contributed by atoms with Gasteiger partial charge in [0, 0.05) is 6.54 Å². The molecule has 143 valence electrons. The van der Waals surface area contributed by atoms with Gasteiger partial charge in [-0.05, 0) is 13.3 Å². The highest BCUT2D eigenvalue weighted by Gasteiger charge is 2.06. The zero-order chi connectivity index (χ0) is 17.9. The summed E-state index contributed by atoms with van der Waals surface area (Å²) in [5, 5.41) is 11.6. The van der Waals surface area contributed by atoms with Crippen molar-refractivity contribution in [2.24, 2.45) is 0 Å². The molecule has 1 radical (unpaired) electrons. The Hall–Kier alpha value is -0.570. The Labute approximate surface area is 151 Å². The third-order valence-corrected chi connectivity index (χ3v) is 4.63. The first-order valence-corrected chi connectivity index (χ1v) is 10.5. The van der Waals surface area contributed by atoms with Gasteiger partial charge in [0.05, 0.1) is 0 Å². The molecule has 0 saturated carbocycles. The van der Waals surface area contributed by atoms with E-state index in [9.17, 15) is 4.79 Å². The number of carbonyl (C=O) groups excluding carboxylic acids is 1. The second-order valence-corrected chi connectivity index (χ2v) is 7.11. The molecule has 3 heteroatoms. The highest BCUT2D eigenvalue weighted by Crippen LogP contribution is 2.13. The van der Waals surface area contributed by atoms with Crippen LogP contribution in [0.15, 0.2) is 0 Å². The van der Waals surface area contributed by atoms with Crippen molar-refractivity contribution in [1.82, 2.24) is 5.32 Å². The average Bonchev–Trinajstić information content (AvgIpc) is 2.57. The minimum Gasteiger partial charge on any atom is -0.383 e. The lowest BCUT2D eigenvalue weighted by Crippen LogP contribution is -2.33. The molecule has 0 aromatic rings. The molecular formula is C21H42NO2. The largest absolute Gasteiger partial charge is 0.383 e.